The second-order valence-electron chi connectivity index (χ2n) is 2.38. The van der Waals surface area contributed by atoms with Gasteiger partial charge in [-0.15, -0.1) is 0 Å². The van der Waals surface area contributed by atoms with Crippen LogP contribution in [0.3, 0.4) is 0 Å². The van der Waals surface area contributed by atoms with E-state index in [2.05, 4.69) is 0 Å². The maximum absolute atomic E-state index is 12.6. The van der Waals surface area contributed by atoms with Crippen LogP contribution in [0.2, 0.25) is 5.02 Å². The number of phenols is 1. The van der Waals surface area contributed by atoms with E-state index in [1.54, 1.807) is 0 Å². The first-order valence-electron chi connectivity index (χ1n) is 3.18. The Morgan fingerprint density at radius 1 is 1.14 bits per heavy atom. The van der Waals surface area contributed by atoms with Gasteiger partial charge >= 0.3 is 6.18 Å². The third-order valence-electron chi connectivity index (χ3n) is 1.43. The maximum atomic E-state index is 12.6. The summed E-state index contributed by atoms with van der Waals surface area (Å²) in [6.07, 6.45) is -5.08. The number of halogens is 6. The first kappa shape index (κ1) is 11.0. The summed E-state index contributed by atoms with van der Waals surface area (Å²) >= 11 is 4.94. The Kier molecular flexibility index (Phi) is 2.58. The van der Waals surface area contributed by atoms with Crippen LogP contribution in [0.1, 0.15) is 5.56 Å². The third kappa shape index (κ3) is 1.75. The molecule has 78 valence electrons. The molecule has 0 heterocycles. The topological polar surface area (TPSA) is 20.2 Å². The van der Waals surface area contributed by atoms with Gasteiger partial charge in [0.2, 0.25) is 0 Å². The van der Waals surface area contributed by atoms with Crippen molar-refractivity contribution in [2.24, 2.45) is 0 Å². The molecule has 0 aromatic heterocycles. The molecule has 0 amide bonds. The summed E-state index contributed by atoms with van der Waals surface area (Å²) in [6.45, 7) is 0. The molecule has 1 aromatic rings. The molecule has 0 spiro atoms. The number of alkyl halides is 3. The van der Waals surface area contributed by atoms with Crippen molar-refractivity contribution in [3.8, 4) is 5.75 Å². The van der Waals surface area contributed by atoms with Gasteiger partial charge in [0.15, 0.2) is 11.6 Å². The summed E-state index contributed by atoms with van der Waals surface area (Å²) < 4.78 is 61.3. The van der Waals surface area contributed by atoms with Crippen LogP contribution in [0.25, 0.3) is 0 Å². The lowest BCUT2D eigenvalue weighted by Gasteiger charge is -2.11. The average molecular weight is 233 g/mol. The summed E-state index contributed by atoms with van der Waals surface area (Å²) in [4.78, 5) is 0. The maximum Gasteiger partial charge on any atom is 0.420 e. The molecule has 0 atom stereocenters. The van der Waals surface area contributed by atoms with Gasteiger partial charge in [-0.2, -0.15) is 13.2 Å². The van der Waals surface area contributed by atoms with Gasteiger partial charge in [-0.05, 0) is 0 Å². The van der Waals surface area contributed by atoms with Crippen LogP contribution in [-0.2, 0) is 6.18 Å². The van der Waals surface area contributed by atoms with Gasteiger partial charge in [-0.25, -0.2) is 8.78 Å². The summed E-state index contributed by atoms with van der Waals surface area (Å²) in [5.41, 5.74) is -1.88. The fourth-order valence-corrected chi connectivity index (χ4v) is 1.13. The zero-order valence-electron chi connectivity index (χ0n) is 6.29. The fourth-order valence-electron chi connectivity index (χ4n) is 0.840. The molecule has 0 aliphatic rings. The monoisotopic (exact) mass is 232 g/mol. The van der Waals surface area contributed by atoms with Gasteiger partial charge in [0.25, 0.3) is 0 Å². The summed E-state index contributed by atoms with van der Waals surface area (Å²) in [6, 6.07) is -0.0793. The van der Waals surface area contributed by atoms with Gasteiger partial charge in [0, 0.05) is 6.07 Å². The zero-order valence-corrected chi connectivity index (χ0v) is 7.05. The Bertz CT molecular complexity index is 373. The smallest absolute Gasteiger partial charge is 0.420 e. The average Bonchev–Trinajstić information content (AvgIpc) is 1.97. The Labute approximate surface area is 79.7 Å². The lowest BCUT2D eigenvalue weighted by Crippen LogP contribution is -2.09. The highest BCUT2D eigenvalue weighted by Gasteiger charge is 2.38. The van der Waals surface area contributed by atoms with Gasteiger partial charge in [-0.3, -0.25) is 0 Å². The summed E-state index contributed by atoms with van der Waals surface area (Å²) in [5, 5.41) is 7.32. The molecule has 1 nitrogen and oxygen atoms in total. The van der Waals surface area contributed by atoms with E-state index in [4.69, 9.17) is 16.7 Å². The molecule has 0 radical (unpaired) electrons. The van der Waals surface area contributed by atoms with Gasteiger partial charge in [0.05, 0.1) is 0 Å². The number of hydrogen-bond donors (Lipinski definition) is 1. The summed E-state index contributed by atoms with van der Waals surface area (Å²) in [7, 11) is 0. The van der Waals surface area contributed by atoms with Crippen molar-refractivity contribution in [3.05, 3.63) is 28.3 Å². The van der Waals surface area contributed by atoms with Crippen LogP contribution >= 0.6 is 11.6 Å². The minimum atomic E-state index is -5.08. The van der Waals surface area contributed by atoms with Crippen molar-refractivity contribution in [1.29, 1.82) is 0 Å². The molecule has 1 aromatic carbocycles. The van der Waals surface area contributed by atoms with Crippen molar-refractivity contribution in [3.63, 3.8) is 0 Å². The molecule has 0 bridgehead atoms. The van der Waals surface area contributed by atoms with Gasteiger partial charge in [0.1, 0.15) is 16.4 Å². The van der Waals surface area contributed by atoms with E-state index in [9.17, 15) is 22.0 Å². The van der Waals surface area contributed by atoms with Crippen LogP contribution in [0.5, 0.6) is 5.75 Å². The van der Waals surface area contributed by atoms with Crippen molar-refractivity contribution in [2.45, 2.75) is 6.18 Å². The van der Waals surface area contributed by atoms with E-state index >= 15 is 0 Å². The third-order valence-corrected chi connectivity index (χ3v) is 1.80. The second-order valence-corrected chi connectivity index (χ2v) is 2.75. The predicted molar refractivity (Wildman–Crippen MR) is 38.0 cm³/mol. The molecule has 14 heavy (non-hydrogen) atoms. The molecule has 0 saturated carbocycles. The number of aromatic hydroxyl groups is 1. The highest BCUT2D eigenvalue weighted by atomic mass is 35.5. The first-order valence-corrected chi connectivity index (χ1v) is 3.56. The van der Waals surface area contributed by atoms with E-state index in [1.807, 2.05) is 0 Å². The van der Waals surface area contributed by atoms with E-state index < -0.39 is 34.1 Å². The standard InChI is InChI=1S/C7H2ClF5O/c8-5-4(7(11,12)13)2(9)1-3(10)6(5)14/h1,14H. The molecule has 1 N–H and O–H groups in total. The molecule has 0 unspecified atom stereocenters. The Balaban J connectivity index is 3.53. The van der Waals surface area contributed by atoms with Crippen LogP contribution in [-0.4, -0.2) is 5.11 Å². The van der Waals surface area contributed by atoms with E-state index in [0.717, 1.165) is 0 Å². The van der Waals surface area contributed by atoms with E-state index in [0.29, 0.717) is 0 Å². The number of rotatable bonds is 0. The Morgan fingerprint density at radius 3 is 2.07 bits per heavy atom. The molecule has 0 saturated heterocycles. The molecule has 0 aliphatic heterocycles. The molecule has 1 rings (SSSR count). The SMILES string of the molecule is Oc1c(F)cc(F)c(C(F)(F)F)c1Cl. The minimum Gasteiger partial charge on any atom is -0.504 e. The largest absolute Gasteiger partial charge is 0.504 e. The van der Waals surface area contributed by atoms with Crippen LogP contribution < -0.4 is 0 Å². The number of hydrogen-bond acceptors (Lipinski definition) is 1. The van der Waals surface area contributed by atoms with Crippen molar-refractivity contribution in [2.75, 3.05) is 0 Å². The van der Waals surface area contributed by atoms with Crippen LogP contribution in [0, 0.1) is 11.6 Å². The molecular weight excluding hydrogens is 231 g/mol. The lowest BCUT2D eigenvalue weighted by atomic mass is 10.2. The van der Waals surface area contributed by atoms with Crippen LogP contribution in [0.4, 0.5) is 22.0 Å². The predicted octanol–water partition coefficient (Wildman–Crippen LogP) is 3.34. The first-order chi connectivity index (χ1) is 6.25. The van der Waals surface area contributed by atoms with Crippen molar-refractivity contribution < 1.29 is 27.1 Å². The van der Waals surface area contributed by atoms with Crippen molar-refractivity contribution in [1.82, 2.24) is 0 Å². The minimum absolute atomic E-state index is 0.0793. The lowest BCUT2D eigenvalue weighted by molar-refractivity contribution is -0.140. The molecule has 7 heteroatoms. The highest BCUT2D eigenvalue weighted by Crippen LogP contribution is 2.41. The highest BCUT2D eigenvalue weighted by molar-refractivity contribution is 6.32. The van der Waals surface area contributed by atoms with Gasteiger partial charge in [-0.1, -0.05) is 11.6 Å². The quantitative estimate of drug-likeness (QED) is 0.680. The summed E-state index contributed by atoms with van der Waals surface area (Å²) in [5.74, 6) is -4.82. The van der Waals surface area contributed by atoms with E-state index in [1.165, 1.54) is 0 Å². The number of phenolic OH excluding ortho intramolecular Hbond substituents is 1. The van der Waals surface area contributed by atoms with Crippen molar-refractivity contribution >= 4 is 11.6 Å². The molecule has 0 aliphatic carbocycles. The normalized spacial score (nSPS) is 11.9. The molecular formula is C7H2ClF5O. The number of benzene rings is 1. The van der Waals surface area contributed by atoms with Gasteiger partial charge < -0.3 is 5.11 Å². The van der Waals surface area contributed by atoms with E-state index in [-0.39, 0.29) is 6.07 Å². The second kappa shape index (κ2) is 3.27. The fraction of sp³-hybridized carbons (Fsp3) is 0.143. The van der Waals surface area contributed by atoms with Crippen LogP contribution in [0.15, 0.2) is 6.07 Å². The Morgan fingerprint density at radius 2 is 1.64 bits per heavy atom. The zero-order chi connectivity index (χ0) is 11.1. The molecule has 0 fully saturated rings. The Hall–Kier alpha value is -1.04.